The Labute approximate surface area is 155 Å². The van der Waals surface area contributed by atoms with Crippen LogP contribution in [0.4, 0.5) is 17.1 Å². The van der Waals surface area contributed by atoms with E-state index in [0.29, 0.717) is 27.1 Å². The molecule has 2 aromatic rings. The number of hydrogen-bond acceptors (Lipinski definition) is 3. The van der Waals surface area contributed by atoms with Gasteiger partial charge in [-0.2, -0.15) is 0 Å². The number of nitrogens with zero attached hydrogens (tertiary/aromatic N) is 1. The number of carbonyl (C=O) groups is 2. The van der Waals surface area contributed by atoms with Gasteiger partial charge in [0.1, 0.15) is 0 Å². The van der Waals surface area contributed by atoms with Crippen molar-refractivity contribution < 1.29 is 9.59 Å². The van der Waals surface area contributed by atoms with E-state index in [0.717, 1.165) is 0 Å². The normalized spacial score (nSPS) is 16.7. The quantitative estimate of drug-likeness (QED) is 0.843. The van der Waals surface area contributed by atoms with Gasteiger partial charge in [-0.1, -0.05) is 35.3 Å². The average Bonchev–Trinajstić information content (AvgIpc) is 2.68. The Hall–Kier alpha value is -2.24. The molecule has 0 fully saturated rings. The molecule has 5 nitrogen and oxygen atoms in total. The molecule has 0 bridgehead atoms. The van der Waals surface area contributed by atoms with Crippen molar-refractivity contribution in [2.45, 2.75) is 19.4 Å². The lowest BCUT2D eigenvalue weighted by atomic mass is 10.1. The third kappa shape index (κ3) is 3.89. The fourth-order valence-corrected chi connectivity index (χ4v) is 3.33. The smallest absolute Gasteiger partial charge is 0.246 e. The van der Waals surface area contributed by atoms with E-state index in [2.05, 4.69) is 10.6 Å². The number of fused-ring (bicyclic) bond motifs is 1. The monoisotopic (exact) mass is 377 g/mol. The van der Waals surface area contributed by atoms with Crippen molar-refractivity contribution in [3.8, 4) is 0 Å². The molecule has 0 radical (unpaired) electrons. The predicted octanol–water partition coefficient (Wildman–Crippen LogP) is 4.17. The maximum absolute atomic E-state index is 12.8. The number of halogens is 2. The van der Waals surface area contributed by atoms with Gasteiger partial charge >= 0.3 is 0 Å². The number of amides is 2. The van der Waals surface area contributed by atoms with Gasteiger partial charge in [0.15, 0.2) is 0 Å². The van der Waals surface area contributed by atoms with E-state index >= 15 is 0 Å². The Bertz CT molecular complexity index is 826. The minimum atomic E-state index is -0.251. The van der Waals surface area contributed by atoms with Crippen LogP contribution in [0.15, 0.2) is 42.5 Å². The van der Waals surface area contributed by atoms with Gasteiger partial charge in [0.2, 0.25) is 11.8 Å². The Balaban J connectivity index is 1.81. The van der Waals surface area contributed by atoms with Gasteiger partial charge in [0, 0.05) is 17.5 Å². The highest BCUT2D eigenvalue weighted by atomic mass is 35.5. The number of rotatable bonds is 3. The molecule has 0 aliphatic carbocycles. The Kier molecular flexibility index (Phi) is 5.16. The number of nitrogens with one attached hydrogen (secondary N) is 2. The Morgan fingerprint density at radius 2 is 2.04 bits per heavy atom. The molecule has 7 heteroatoms. The van der Waals surface area contributed by atoms with Gasteiger partial charge in [-0.05, 0) is 37.3 Å². The van der Waals surface area contributed by atoms with Crippen molar-refractivity contribution in [2.24, 2.45) is 0 Å². The molecule has 1 atom stereocenters. The topological polar surface area (TPSA) is 61.4 Å². The highest BCUT2D eigenvalue weighted by molar-refractivity contribution is 6.36. The average molecular weight is 378 g/mol. The molecule has 2 N–H and O–H groups in total. The summed E-state index contributed by atoms with van der Waals surface area (Å²) >= 11 is 12.0. The predicted molar refractivity (Wildman–Crippen MR) is 102 cm³/mol. The molecule has 2 aromatic carbocycles. The van der Waals surface area contributed by atoms with E-state index in [1.165, 1.54) is 0 Å². The van der Waals surface area contributed by atoms with E-state index in [9.17, 15) is 9.59 Å². The van der Waals surface area contributed by atoms with Crippen molar-refractivity contribution >= 4 is 52.1 Å². The third-order valence-corrected chi connectivity index (χ3v) is 4.54. The van der Waals surface area contributed by atoms with E-state index in [1.807, 2.05) is 25.1 Å². The summed E-state index contributed by atoms with van der Waals surface area (Å²) in [6.45, 7) is 1.91. The molecule has 0 aromatic heterocycles. The molecule has 1 heterocycles. The summed E-state index contributed by atoms with van der Waals surface area (Å²) in [6, 6.07) is 12.1. The highest BCUT2D eigenvalue weighted by Crippen LogP contribution is 2.31. The number of hydrogen-bond donors (Lipinski definition) is 2. The van der Waals surface area contributed by atoms with Crippen LogP contribution in [0.3, 0.4) is 0 Å². The van der Waals surface area contributed by atoms with Crippen molar-refractivity contribution in [2.75, 3.05) is 22.1 Å². The van der Waals surface area contributed by atoms with Crippen LogP contribution in [0.25, 0.3) is 0 Å². The third-order valence-electron chi connectivity index (χ3n) is 3.99. The second kappa shape index (κ2) is 7.33. The van der Waals surface area contributed by atoms with E-state index in [-0.39, 0.29) is 30.8 Å². The summed E-state index contributed by atoms with van der Waals surface area (Å²) < 4.78 is 0. The summed E-state index contributed by atoms with van der Waals surface area (Å²) in [6.07, 6.45) is 0.238. The fourth-order valence-electron chi connectivity index (χ4n) is 2.86. The molecular formula is C18H17Cl2N3O2. The molecule has 25 heavy (non-hydrogen) atoms. The molecule has 130 valence electrons. The number of para-hydroxylation sites is 2. The van der Waals surface area contributed by atoms with Crippen LogP contribution in [0.1, 0.15) is 13.3 Å². The van der Waals surface area contributed by atoms with Gasteiger partial charge in [-0.25, -0.2) is 0 Å². The summed E-state index contributed by atoms with van der Waals surface area (Å²) in [5.41, 5.74) is 1.95. The maximum atomic E-state index is 12.8. The van der Waals surface area contributed by atoms with Crippen molar-refractivity contribution in [3.63, 3.8) is 0 Å². The summed E-state index contributed by atoms with van der Waals surface area (Å²) in [7, 11) is 0. The molecule has 1 aliphatic rings. The Morgan fingerprint density at radius 3 is 2.80 bits per heavy atom. The zero-order valence-electron chi connectivity index (χ0n) is 13.6. The van der Waals surface area contributed by atoms with Crippen LogP contribution >= 0.6 is 23.2 Å². The molecule has 1 aliphatic heterocycles. The van der Waals surface area contributed by atoms with Gasteiger partial charge in [0.25, 0.3) is 0 Å². The van der Waals surface area contributed by atoms with Crippen molar-refractivity contribution in [1.82, 2.24) is 0 Å². The second-order valence-corrected chi connectivity index (χ2v) is 6.70. The summed E-state index contributed by atoms with van der Waals surface area (Å²) in [5.74, 6) is -0.258. The number of carbonyl (C=O) groups excluding carboxylic acids is 2. The van der Waals surface area contributed by atoms with Crippen LogP contribution in [-0.2, 0) is 9.59 Å². The van der Waals surface area contributed by atoms with Crippen LogP contribution < -0.4 is 15.5 Å². The molecule has 0 saturated carbocycles. The molecule has 0 spiro atoms. The largest absolute Gasteiger partial charge is 0.375 e. The molecule has 2 amide bonds. The highest BCUT2D eigenvalue weighted by Gasteiger charge is 2.29. The van der Waals surface area contributed by atoms with Gasteiger partial charge in [0.05, 0.1) is 28.6 Å². The molecule has 0 unspecified atom stereocenters. The SMILES string of the molecule is C[C@@H]1CC(=O)Nc2ccccc2N1C(=O)CNc1ccc(Cl)cc1Cl. The Morgan fingerprint density at radius 1 is 1.28 bits per heavy atom. The molecular weight excluding hydrogens is 361 g/mol. The van der Waals surface area contributed by atoms with Crippen LogP contribution in [0, 0.1) is 0 Å². The number of anilines is 3. The minimum Gasteiger partial charge on any atom is -0.375 e. The fraction of sp³-hybridized carbons (Fsp3) is 0.222. The zero-order chi connectivity index (χ0) is 18.0. The second-order valence-electron chi connectivity index (χ2n) is 5.86. The van der Waals surface area contributed by atoms with E-state index in [4.69, 9.17) is 23.2 Å². The lowest BCUT2D eigenvalue weighted by molar-refractivity contribution is -0.118. The number of benzene rings is 2. The van der Waals surface area contributed by atoms with Crippen LogP contribution in [-0.4, -0.2) is 24.4 Å². The van der Waals surface area contributed by atoms with Gasteiger partial charge < -0.3 is 15.5 Å². The van der Waals surface area contributed by atoms with Crippen LogP contribution in [0.2, 0.25) is 10.0 Å². The summed E-state index contributed by atoms with van der Waals surface area (Å²) in [4.78, 5) is 26.5. The lowest BCUT2D eigenvalue weighted by Gasteiger charge is -2.28. The molecule has 0 saturated heterocycles. The maximum Gasteiger partial charge on any atom is 0.246 e. The first-order chi connectivity index (χ1) is 12.0. The van der Waals surface area contributed by atoms with E-state index < -0.39 is 0 Å². The van der Waals surface area contributed by atoms with Gasteiger partial charge in [-0.15, -0.1) is 0 Å². The first kappa shape index (κ1) is 17.6. The molecule has 3 rings (SSSR count). The first-order valence-electron chi connectivity index (χ1n) is 7.85. The van der Waals surface area contributed by atoms with Crippen LogP contribution in [0.5, 0.6) is 0 Å². The van der Waals surface area contributed by atoms with Crippen molar-refractivity contribution in [1.29, 1.82) is 0 Å². The minimum absolute atomic E-state index is 0.0498. The summed E-state index contributed by atoms with van der Waals surface area (Å²) in [5, 5.41) is 6.85. The lowest BCUT2D eigenvalue weighted by Crippen LogP contribution is -2.42. The zero-order valence-corrected chi connectivity index (χ0v) is 15.1. The standard InChI is InChI=1S/C18H17Cl2N3O2/c1-11-8-17(24)22-15-4-2-3-5-16(15)23(11)18(25)10-21-14-7-6-12(19)9-13(14)20/h2-7,9,11,21H,8,10H2,1H3,(H,22,24)/t11-/m1/s1. The van der Waals surface area contributed by atoms with Crippen molar-refractivity contribution in [3.05, 3.63) is 52.5 Å². The first-order valence-corrected chi connectivity index (χ1v) is 8.61. The van der Waals surface area contributed by atoms with E-state index in [1.54, 1.807) is 29.2 Å². The van der Waals surface area contributed by atoms with Gasteiger partial charge in [-0.3, -0.25) is 9.59 Å².